The van der Waals surface area contributed by atoms with Crippen LogP contribution in [-0.4, -0.2) is 37.0 Å². The van der Waals surface area contributed by atoms with Crippen LogP contribution < -0.4 is 5.32 Å². The zero-order valence-electron chi connectivity index (χ0n) is 13.9. The van der Waals surface area contributed by atoms with E-state index in [0.29, 0.717) is 0 Å². The molecule has 0 bridgehead atoms. The molecule has 0 saturated carbocycles. The number of halogens is 2. The van der Waals surface area contributed by atoms with Crippen molar-refractivity contribution < 1.29 is 9.18 Å². The number of rotatable bonds is 4. The second kappa shape index (κ2) is 9.80. The van der Waals surface area contributed by atoms with Gasteiger partial charge in [0.2, 0.25) is 5.91 Å². The Kier molecular flexibility index (Phi) is 7.75. The van der Waals surface area contributed by atoms with E-state index in [1.807, 2.05) is 35.2 Å². The Morgan fingerprint density at radius 1 is 1.04 bits per heavy atom. The molecule has 134 valence electrons. The van der Waals surface area contributed by atoms with Crippen LogP contribution >= 0.6 is 24.2 Å². The van der Waals surface area contributed by atoms with Gasteiger partial charge in [-0.05, 0) is 42.8 Å². The highest BCUT2D eigenvalue weighted by atomic mass is 35.5. The fourth-order valence-corrected chi connectivity index (χ4v) is 3.88. The molecule has 6 heteroatoms. The molecule has 2 aromatic rings. The standard InChI is InChI=1S/C19H21FN2OS.ClH/c20-16-7-9-17(10-8-16)24-18(15-5-2-1-3-6-15)19(23)22-13-4-11-21-12-14-22;/h1-3,5-10,18,21H,4,11-14H2;1H. The lowest BCUT2D eigenvalue weighted by molar-refractivity contribution is -0.130. The lowest BCUT2D eigenvalue weighted by Gasteiger charge is -2.26. The van der Waals surface area contributed by atoms with Gasteiger partial charge in [0.25, 0.3) is 0 Å². The SMILES string of the molecule is Cl.O=C(C(Sc1ccc(F)cc1)c1ccccc1)N1CCCNCC1. The predicted octanol–water partition coefficient (Wildman–Crippen LogP) is 3.90. The van der Waals surface area contributed by atoms with Crippen LogP contribution in [0.5, 0.6) is 0 Å². The van der Waals surface area contributed by atoms with Gasteiger partial charge in [0, 0.05) is 24.5 Å². The Labute approximate surface area is 158 Å². The zero-order valence-corrected chi connectivity index (χ0v) is 15.5. The highest BCUT2D eigenvalue weighted by Crippen LogP contribution is 2.36. The maximum Gasteiger partial charge on any atom is 0.240 e. The molecular formula is C19H22ClFN2OS. The summed E-state index contributed by atoms with van der Waals surface area (Å²) in [7, 11) is 0. The van der Waals surface area contributed by atoms with Crippen LogP contribution in [0.3, 0.4) is 0 Å². The molecule has 25 heavy (non-hydrogen) atoms. The van der Waals surface area contributed by atoms with Crippen LogP contribution in [0.4, 0.5) is 4.39 Å². The second-order valence-electron chi connectivity index (χ2n) is 5.79. The number of thioether (sulfide) groups is 1. The van der Waals surface area contributed by atoms with E-state index in [1.165, 1.54) is 23.9 Å². The molecular weight excluding hydrogens is 359 g/mol. The van der Waals surface area contributed by atoms with Gasteiger partial charge in [-0.15, -0.1) is 24.2 Å². The van der Waals surface area contributed by atoms with Crippen molar-refractivity contribution in [1.82, 2.24) is 10.2 Å². The summed E-state index contributed by atoms with van der Waals surface area (Å²) in [6.07, 6.45) is 0.967. The van der Waals surface area contributed by atoms with Crippen LogP contribution in [0.1, 0.15) is 17.2 Å². The monoisotopic (exact) mass is 380 g/mol. The molecule has 0 radical (unpaired) electrons. The third kappa shape index (κ3) is 5.46. The molecule has 0 aliphatic carbocycles. The molecule has 1 heterocycles. The first-order valence-corrected chi connectivity index (χ1v) is 9.09. The summed E-state index contributed by atoms with van der Waals surface area (Å²) in [5.74, 6) is -0.139. The van der Waals surface area contributed by atoms with E-state index in [1.54, 1.807) is 12.1 Å². The van der Waals surface area contributed by atoms with E-state index in [4.69, 9.17) is 0 Å². The fraction of sp³-hybridized carbons (Fsp3) is 0.316. The molecule has 1 fully saturated rings. The normalized spacial score (nSPS) is 15.8. The molecule has 0 aromatic heterocycles. The molecule has 1 saturated heterocycles. The molecule has 1 atom stereocenters. The number of benzene rings is 2. The smallest absolute Gasteiger partial charge is 0.240 e. The molecule has 1 amide bonds. The maximum atomic E-state index is 13.2. The van der Waals surface area contributed by atoms with Crippen molar-refractivity contribution in [1.29, 1.82) is 0 Å². The first kappa shape index (κ1) is 19.8. The molecule has 3 nitrogen and oxygen atoms in total. The Balaban J connectivity index is 0.00000225. The van der Waals surface area contributed by atoms with Crippen molar-refractivity contribution in [2.24, 2.45) is 0 Å². The molecule has 3 rings (SSSR count). The summed E-state index contributed by atoms with van der Waals surface area (Å²) < 4.78 is 13.2. The largest absolute Gasteiger partial charge is 0.340 e. The summed E-state index contributed by atoms with van der Waals surface area (Å²) in [4.78, 5) is 16.0. The summed E-state index contributed by atoms with van der Waals surface area (Å²) in [5.41, 5.74) is 0.981. The van der Waals surface area contributed by atoms with Gasteiger partial charge in [-0.3, -0.25) is 4.79 Å². The number of nitrogens with zero attached hydrogens (tertiary/aromatic N) is 1. The van der Waals surface area contributed by atoms with Crippen molar-refractivity contribution in [3.05, 3.63) is 66.0 Å². The van der Waals surface area contributed by atoms with Crippen LogP contribution in [0, 0.1) is 5.82 Å². The molecule has 1 unspecified atom stereocenters. The lowest BCUT2D eigenvalue weighted by atomic mass is 10.1. The van der Waals surface area contributed by atoms with Gasteiger partial charge in [0.15, 0.2) is 0 Å². The Bertz CT molecular complexity index is 661. The van der Waals surface area contributed by atoms with E-state index in [-0.39, 0.29) is 29.4 Å². The minimum absolute atomic E-state index is 0. The maximum absolute atomic E-state index is 13.2. The van der Waals surface area contributed by atoms with Crippen LogP contribution in [0.15, 0.2) is 59.5 Å². The summed E-state index contributed by atoms with van der Waals surface area (Å²) in [5, 5.41) is 3.01. The average Bonchev–Trinajstić information content (AvgIpc) is 2.91. The van der Waals surface area contributed by atoms with E-state index in [2.05, 4.69) is 5.32 Å². The fourth-order valence-electron chi connectivity index (χ4n) is 2.77. The van der Waals surface area contributed by atoms with Crippen molar-refractivity contribution >= 4 is 30.1 Å². The van der Waals surface area contributed by atoms with Crippen molar-refractivity contribution in [3.63, 3.8) is 0 Å². The third-order valence-electron chi connectivity index (χ3n) is 4.05. The van der Waals surface area contributed by atoms with Crippen LogP contribution in [0.2, 0.25) is 0 Å². The van der Waals surface area contributed by atoms with Gasteiger partial charge in [-0.1, -0.05) is 30.3 Å². The number of carbonyl (C=O) groups is 1. The summed E-state index contributed by atoms with van der Waals surface area (Å²) >= 11 is 1.48. The van der Waals surface area contributed by atoms with Gasteiger partial charge >= 0.3 is 0 Å². The Morgan fingerprint density at radius 2 is 1.76 bits per heavy atom. The second-order valence-corrected chi connectivity index (χ2v) is 6.97. The van der Waals surface area contributed by atoms with Gasteiger partial charge < -0.3 is 10.2 Å². The minimum Gasteiger partial charge on any atom is -0.340 e. The molecule has 1 aliphatic heterocycles. The van der Waals surface area contributed by atoms with Crippen LogP contribution in [0.25, 0.3) is 0 Å². The van der Waals surface area contributed by atoms with Crippen molar-refractivity contribution in [3.8, 4) is 0 Å². The van der Waals surface area contributed by atoms with Crippen molar-refractivity contribution in [2.45, 2.75) is 16.6 Å². The highest BCUT2D eigenvalue weighted by molar-refractivity contribution is 8.00. The number of carbonyl (C=O) groups excluding carboxylic acids is 1. The van der Waals surface area contributed by atoms with Gasteiger partial charge in [-0.2, -0.15) is 0 Å². The van der Waals surface area contributed by atoms with Gasteiger partial charge in [0.05, 0.1) is 0 Å². The zero-order chi connectivity index (χ0) is 16.8. The molecule has 0 spiro atoms. The Morgan fingerprint density at radius 3 is 2.48 bits per heavy atom. The van der Waals surface area contributed by atoms with E-state index in [9.17, 15) is 9.18 Å². The Hall–Kier alpha value is -1.56. The quantitative estimate of drug-likeness (QED) is 0.816. The van der Waals surface area contributed by atoms with E-state index in [0.717, 1.165) is 43.1 Å². The van der Waals surface area contributed by atoms with Crippen molar-refractivity contribution in [2.75, 3.05) is 26.2 Å². The number of amides is 1. The number of nitrogens with one attached hydrogen (secondary N) is 1. The molecule has 1 aliphatic rings. The summed E-state index contributed by atoms with van der Waals surface area (Å²) in [6.45, 7) is 3.28. The topological polar surface area (TPSA) is 32.3 Å². The van der Waals surface area contributed by atoms with Crippen LogP contribution in [-0.2, 0) is 4.79 Å². The molecule has 2 aromatic carbocycles. The van der Waals surface area contributed by atoms with Gasteiger partial charge in [-0.25, -0.2) is 4.39 Å². The lowest BCUT2D eigenvalue weighted by Crippen LogP contribution is -2.36. The number of hydrogen-bond acceptors (Lipinski definition) is 3. The predicted molar refractivity (Wildman–Crippen MR) is 103 cm³/mol. The first-order valence-electron chi connectivity index (χ1n) is 8.21. The van der Waals surface area contributed by atoms with Gasteiger partial charge in [0.1, 0.15) is 11.1 Å². The van der Waals surface area contributed by atoms with E-state index >= 15 is 0 Å². The third-order valence-corrected chi connectivity index (χ3v) is 5.30. The first-order chi connectivity index (χ1) is 11.7. The van der Waals surface area contributed by atoms with E-state index < -0.39 is 0 Å². The summed E-state index contributed by atoms with van der Waals surface area (Å²) in [6, 6.07) is 16.1. The molecule has 1 N–H and O–H groups in total. The number of hydrogen-bond donors (Lipinski definition) is 1. The highest BCUT2D eigenvalue weighted by Gasteiger charge is 2.27. The average molecular weight is 381 g/mol. The minimum atomic E-state index is -0.310.